The van der Waals surface area contributed by atoms with Crippen molar-refractivity contribution < 1.29 is 50.2 Å². The van der Waals surface area contributed by atoms with Gasteiger partial charge in [-0.1, -0.05) is 17.7 Å². The zero-order valence-corrected chi connectivity index (χ0v) is 23.6. The van der Waals surface area contributed by atoms with Gasteiger partial charge in [0.1, 0.15) is 42.2 Å². The number of carboxylic acids is 1. The number of benzene rings is 1. The van der Waals surface area contributed by atoms with Crippen LogP contribution in [-0.4, -0.2) is 89.8 Å². The van der Waals surface area contributed by atoms with Crippen LogP contribution >= 0.6 is 11.6 Å². The fourth-order valence-electron chi connectivity index (χ4n) is 5.88. The molecule has 1 amide bonds. The maximum absolute atomic E-state index is 15.7. The molecule has 0 radical (unpaired) electrons. The molecule has 4 aliphatic rings. The minimum absolute atomic E-state index is 0.0457. The minimum atomic E-state index is -4.68. The van der Waals surface area contributed by atoms with Gasteiger partial charge in [0.05, 0.1) is 22.7 Å². The number of hydrogen-bond donors (Lipinski definition) is 1. The highest BCUT2D eigenvalue weighted by atomic mass is 35.5. The molecule has 2 unspecified atom stereocenters. The predicted molar refractivity (Wildman–Crippen MR) is 142 cm³/mol. The summed E-state index contributed by atoms with van der Waals surface area (Å²) in [5, 5.41) is 8.82. The van der Waals surface area contributed by atoms with E-state index in [0.717, 1.165) is 29.9 Å². The van der Waals surface area contributed by atoms with Crippen molar-refractivity contribution in [2.24, 2.45) is 5.92 Å². The van der Waals surface area contributed by atoms with Gasteiger partial charge in [-0.25, -0.2) is 22.4 Å². The van der Waals surface area contributed by atoms with Gasteiger partial charge in [-0.15, -0.1) is 0 Å². The molecule has 2 saturated heterocycles. The van der Waals surface area contributed by atoms with E-state index in [2.05, 4.69) is 0 Å². The van der Waals surface area contributed by atoms with Crippen molar-refractivity contribution in [3.63, 3.8) is 0 Å². The molecular formula is C29H30ClF7N2O4. The van der Waals surface area contributed by atoms with E-state index < -0.39 is 83.2 Å². The number of rotatable bonds is 8. The lowest BCUT2D eigenvalue weighted by molar-refractivity contribution is -0.141. The van der Waals surface area contributed by atoms with Crippen LogP contribution in [0.15, 0.2) is 34.9 Å². The summed E-state index contributed by atoms with van der Waals surface area (Å²) in [5.41, 5.74) is -2.82. The summed E-state index contributed by atoms with van der Waals surface area (Å²) >= 11 is 5.72. The topological polar surface area (TPSA) is 70.1 Å². The zero-order chi connectivity index (χ0) is 31.3. The summed E-state index contributed by atoms with van der Waals surface area (Å²) in [5.74, 6) is -4.51. The Kier molecular flexibility index (Phi) is 8.78. The monoisotopic (exact) mass is 638 g/mol. The average molecular weight is 639 g/mol. The van der Waals surface area contributed by atoms with Crippen molar-refractivity contribution in [3.8, 4) is 5.75 Å². The SMILES string of the molecule is O=C(O)[C@@H]1C[C@@H](F)CN1C(=O)c1cc(C2CC2)c(OCC2(F)CCN(CC3C=C(C(F)(F)F)C=C(Cl)C3F)CC2)cc1F. The van der Waals surface area contributed by atoms with Gasteiger partial charge in [0.25, 0.3) is 5.91 Å². The fourth-order valence-corrected chi connectivity index (χ4v) is 6.15. The number of halogens is 8. The molecule has 1 aromatic rings. The minimum Gasteiger partial charge on any atom is -0.490 e. The first kappa shape index (κ1) is 31.6. The molecule has 6 nitrogen and oxygen atoms in total. The number of alkyl halides is 6. The lowest BCUT2D eigenvalue weighted by Crippen LogP contribution is -2.47. The number of likely N-dealkylation sites (tertiary alicyclic amines) is 2. The molecule has 4 atom stereocenters. The normalized spacial score (nSPS) is 28.0. The van der Waals surface area contributed by atoms with Crippen LogP contribution in [0.5, 0.6) is 5.75 Å². The lowest BCUT2D eigenvalue weighted by Gasteiger charge is -2.38. The second kappa shape index (κ2) is 11.9. The van der Waals surface area contributed by atoms with Crippen molar-refractivity contribution in [2.45, 2.75) is 68.3 Å². The van der Waals surface area contributed by atoms with E-state index in [-0.39, 0.29) is 50.6 Å². The zero-order valence-electron chi connectivity index (χ0n) is 22.9. The van der Waals surface area contributed by atoms with Gasteiger partial charge in [0.2, 0.25) is 0 Å². The first-order valence-corrected chi connectivity index (χ1v) is 14.4. The van der Waals surface area contributed by atoms with E-state index in [1.54, 1.807) is 4.90 Å². The third-order valence-corrected chi connectivity index (χ3v) is 8.82. The van der Waals surface area contributed by atoms with Gasteiger partial charge in [-0.3, -0.25) is 4.79 Å². The van der Waals surface area contributed by atoms with Crippen LogP contribution < -0.4 is 4.74 Å². The molecule has 2 heterocycles. The van der Waals surface area contributed by atoms with Crippen molar-refractivity contribution in [1.82, 2.24) is 9.80 Å². The lowest BCUT2D eigenvalue weighted by atomic mass is 9.90. The van der Waals surface area contributed by atoms with Crippen molar-refractivity contribution >= 4 is 23.5 Å². The molecule has 0 aromatic heterocycles. The molecule has 1 N–H and O–H groups in total. The second-order valence-corrected chi connectivity index (χ2v) is 12.2. The Balaban J connectivity index is 1.22. The van der Waals surface area contributed by atoms with E-state index in [1.165, 1.54) is 6.07 Å². The number of allylic oxidation sites excluding steroid dienone is 3. The average Bonchev–Trinajstić information content (AvgIpc) is 3.70. The van der Waals surface area contributed by atoms with Crippen LogP contribution in [0.2, 0.25) is 0 Å². The number of carboxylic acid groups (broad SMARTS) is 1. The van der Waals surface area contributed by atoms with Gasteiger partial charge in [0, 0.05) is 38.0 Å². The third-order valence-electron chi connectivity index (χ3n) is 8.50. The molecule has 3 fully saturated rings. The van der Waals surface area contributed by atoms with Crippen molar-refractivity contribution in [2.75, 3.05) is 32.8 Å². The summed E-state index contributed by atoms with van der Waals surface area (Å²) < 4.78 is 105. The molecule has 0 bridgehead atoms. The van der Waals surface area contributed by atoms with Gasteiger partial charge in [0.15, 0.2) is 0 Å². The van der Waals surface area contributed by atoms with Crippen LogP contribution in [0.25, 0.3) is 0 Å². The molecule has 43 heavy (non-hydrogen) atoms. The number of hydrogen-bond acceptors (Lipinski definition) is 4. The summed E-state index contributed by atoms with van der Waals surface area (Å²) in [7, 11) is 0. The quantitative estimate of drug-likeness (QED) is 0.349. The van der Waals surface area contributed by atoms with Crippen LogP contribution in [0.1, 0.15) is 53.9 Å². The molecule has 5 rings (SSSR count). The molecule has 1 saturated carbocycles. The highest BCUT2D eigenvalue weighted by molar-refractivity contribution is 6.30. The number of aliphatic carboxylic acids is 1. The number of amides is 1. The Morgan fingerprint density at radius 2 is 1.81 bits per heavy atom. The largest absolute Gasteiger partial charge is 0.490 e. The van der Waals surface area contributed by atoms with Gasteiger partial charge < -0.3 is 19.6 Å². The third kappa shape index (κ3) is 6.97. The van der Waals surface area contributed by atoms with Crippen LogP contribution in [0.4, 0.5) is 30.7 Å². The number of carbonyl (C=O) groups is 2. The molecular weight excluding hydrogens is 609 g/mol. The fraction of sp³-hybridized carbons (Fsp3) is 0.586. The predicted octanol–water partition coefficient (Wildman–Crippen LogP) is 6.10. The number of nitrogens with zero attached hydrogens (tertiary/aromatic N) is 2. The molecule has 1 aromatic carbocycles. The summed E-state index contributed by atoms with van der Waals surface area (Å²) in [6.45, 7) is -0.771. The van der Waals surface area contributed by atoms with Crippen molar-refractivity contribution in [3.05, 3.63) is 51.8 Å². The van der Waals surface area contributed by atoms with E-state index in [0.29, 0.717) is 11.6 Å². The number of piperidine rings is 1. The van der Waals surface area contributed by atoms with Gasteiger partial charge >= 0.3 is 12.1 Å². The van der Waals surface area contributed by atoms with Crippen LogP contribution in [-0.2, 0) is 4.79 Å². The maximum Gasteiger partial charge on any atom is 0.416 e. The maximum atomic E-state index is 15.7. The number of carbonyl (C=O) groups excluding carboxylic acids is 1. The van der Waals surface area contributed by atoms with Gasteiger partial charge in [-0.05, 0) is 49.3 Å². The highest BCUT2D eigenvalue weighted by Gasteiger charge is 2.43. The van der Waals surface area contributed by atoms with Gasteiger partial charge in [-0.2, -0.15) is 13.2 Å². The molecule has 236 valence electrons. The summed E-state index contributed by atoms with van der Waals surface area (Å²) in [6.07, 6.45) is -5.73. The molecule has 14 heteroatoms. The Bertz CT molecular complexity index is 1320. The van der Waals surface area contributed by atoms with Crippen LogP contribution in [0, 0.1) is 11.7 Å². The first-order valence-electron chi connectivity index (χ1n) is 14.0. The number of ether oxygens (including phenoxy) is 1. The van der Waals surface area contributed by atoms with E-state index in [1.807, 2.05) is 0 Å². The Labute approximate surface area is 248 Å². The smallest absolute Gasteiger partial charge is 0.416 e. The van der Waals surface area contributed by atoms with Crippen molar-refractivity contribution in [1.29, 1.82) is 0 Å². The second-order valence-electron chi connectivity index (χ2n) is 11.7. The van der Waals surface area contributed by atoms with E-state index in [9.17, 15) is 36.6 Å². The summed E-state index contributed by atoms with van der Waals surface area (Å²) in [6, 6.07) is 0.817. The Hall–Kier alpha value is -2.80. The molecule has 2 aliphatic carbocycles. The Morgan fingerprint density at radius 1 is 1.14 bits per heavy atom. The highest BCUT2D eigenvalue weighted by Crippen LogP contribution is 2.46. The first-order chi connectivity index (χ1) is 20.1. The standard InChI is InChI=1S/C29H30ClF7N2O4/c30-21-8-17(29(35,36)37)7-16(25(21)33)12-38-5-3-28(34,4-6-38)14-43-24-11-22(32)20(10-19(24)15-1-2-15)26(40)39-13-18(31)9-23(39)27(41)42/h7-8,10-11,15-16,18,23,25H,1-6,9,12-14H2,(H,41,42)/t16?,18-,23+,25?/m1/s1. The summed E-state index contributed by atoms with van der Waals surface area (Å²) in [4.78, 5) is 27.0. The van der Waals surface area contributed by atoms with E-state index in [4.69, 9.17) is 16.3 Å². The van der Waals surface area contributed by atoms with Crippen LogP contribution in [0.3, 0.4) is 0 Å². The Morgan fingerprint density at radius 3 is 2.42 bits per heavy atom. The molecule has 0 spiro atoms. The van der Waals surface area contributed by atoms with E-state index >= 15 is 8.78 Å². The molecule has 2 aliphatic heterocycles.